The highest BCUT2D eigenvalue weighted by Crippen LogP contribution is 2.21. The topological polar surface area (TPSA) is 81.9 Å². The van der Waals surface area contributed by atoms with Crippen molar-refractivity contribution in [2.45, 2.75) is 19.9 Å². The van der Waals surface area contributed by atoms with E-state index >= 15 is 0 Å². The number of ether oxygens (including phenoxy) is 1. The standard InChI is InChI=1S/C14H17N5O2/c1-3-21-14(20)12-9-6-15-5-4-10(9)17-13(18-12)11-7-16-8-19(11)2/h7-8,15H,3-6H2,1-2H3. The summed E-state index contributed by atoms with van der Waals surface area (Å²) >= 11 is 0. The summed E-state index contributed by atoms with van der Waals surface area (Å²) in [5, 5.41) is 3.24. The van der Waals surface area contributed by atoms with Crippen molar-refractivity contribution in [3.8, 4) is 11.5 Å². The molecule has 1 N–H and O–H groups in total. The number of nitrogens with one attached hydrogen (secondary N) is 1. The number of rotatable bonds is 3. The van der Waals surface area contributed by atoms with E-state index in [4.69, 9.17) is 4.74 Å². The van der Waals surface area contributed by atoms with Crippen LogP contribution in [0.2, 0.25) is 0 Å². The van der Waals surface area contributed by atoms with Crippen LogP contribution in [0.3, 0.4) is 0 Å². The van der Waals surface area contributed by atoms with Gasteiger partial charge in [0.25, 0.3) is 0 Å². The van der Waals surface area contributed by atoms with Crippen LogP contribution in [0.1, 0.15) is 28.7 Å². The van der Waals surface area contributed by atoms with E-state index in [-0.39, 0.29) is 0 Å². The quantitative estimate of drug-likeness (QED) is 0.837. The molecule has 2 aromatic rings. The first-order valence-corrected chi connectivity index (χ1v) is 6.95. The number of aryl methyl sites for hydroxylation is 1. The summed E-state index contributed by atoms with van der Waals surface area (Å²) < 4.78 is 6.95. The van der Waals surface area contributed by atoms with Gasteiger partial charge >= 0.3 is 5.97 Å². The molecular weight excluding hydrogens is 270 g/mol. The first-order chi connectivity index (χ1) is 10.2. The second-order valence-corrected chi connectivity index (χ2v) is 4.86. The Kier molecular flexibility index (Phi) is 3.66. The maximum absolute atomic E-state index is 12.2. The van der Waals surface area contributed by atoms with Crippen LogP contribution in [0.15, 0.2) is 12.5 Å². The molecule has 0 saturated carbocycles. The Morgan fingerprint density at radius 1 is 1.48 bits per heavy atom. The van der Waals surface area contributed by atoms with Crippen molar-refractivity contribution in [3.05, 3.63) is 29.5 Å². The van der Waals surface area contributed by atoms with Gasteiger partial charge in [-0.2, -0.15) is 0 Å². The van der Waals surface area contributed by atoms with Gasteiger partial charge in [0.15, 0.2) is 11.5 Å². The largest absolute Gasteiger partial charge is 0.461 e. The smallest absolute Gasteiger partial charge is 0.357 e. The summed E-state index contributed by atoms with van der Waals surface area (Å²) in [5.41, 5.74) is 2.88. The molecule has 0 atom stereocenters. The summed E-state index contributed by atoms with van der Waals surface area (Å²) in [7, 11) is 1.87. The van der Waals surface area contributed by atoms with E-state index in [9.17, 15) is 4.79 Å². The molecule has 3 heterocycles. The summed E-state index contributed by atoms with van der Waals surface area (Å²) in [6, 6.07) is 0. The third kappa shape index (κ3) is 2.52. The van der Waals surface area contributed by atoms with Crippen molar-refractivity contribution in [2.24, 2.45) is 7.05 Å². The van der Waals surface area contributed by atoms with Crippen molar-refractivity contribution in [1.29, 1.82) is 0 Å². The fourth-order valence-electron chi connectivity index (χ4n) is 2.40. The zero-order valence-electron chi connectivity index (χ0n) is 12.1. The number of nitrogens with zero attached hydrogens (tertiary/aromatic N) is 4. The van der Waals surface area contributed by atoms with Crippen molar-refractivity contribution in [2.75, 3.05) is 13.2 Å². The number of fused-ring (bicyclic) bond motifs is 1. The number of hydrogen-bond donors (Lipinski definition) is 1. The molecule has 0 radical (unpaired) electrons. The maximum atomic E-state index is 12.2. The first-order valence-electron chi connectivity index (χ1n) is 6.95. The molecule has 1 aliphatic heterocycles. The lowest BCUT2D eigenvalue weighted by atomic mass is 10.0. The third-order valence-corrected chi connectivity index (χ3v) is 3.45. The monoisotopic (exact) mass is 287 g/mol. The molecule has 3 rings (SSSR count). The number of carbonyl (C=O) groups excluding carboxylic acids is 1. The molecule has 0 spiro atoms. The number of hydrogen-bond acceptors (Lipinski definition) is 6. The minimum Gasteiger partial charge on any atom is -0.461 e. The fourth-order valence-corrected chi connectivity index (χ4v) is 2.40. The van der Waals surface area contributed by atoms with E-state index in [0.29, 0.717) is 24.7 Å². The Balaban J connectivity index is 2.13. The van der Waals surface area contributed by atoms with Gasteiger partial charge in [-0.05, 0) is 6.92 Å². The molecule has 110 valence electrons. The summed E-state index contributed by atoms with van der Waals surface area (Å²) in [4.78, 5) is 25.3. The third-order valence-electron chi connectivity index (χ3n) is 3.45. The lowest BCUT2D eigenvalue weighted by Gasteiger charge is -2.19. The molecule has 7 heteroatoms. The Hall–Kier alpha value is -2.28. The van der Waals surface area contributed by atoms with Gasteiger partial charge in [-0.3, -0.25) is 0 Å². The minimum atomic E-state index is -0.400. The van der Waals surface area contributed by atoms with Gasteiger partial charge in [0.2, 0.25) is 0 Å². The number of imidazole rings is 1. The molecule has 7 nitrogen and oxygen atoms in total. The van der Waals surface area contributed by atoms with Crippen LogP contribution in [0, 0.1) is 0 Å². The molecule has 0 bridgehead atoms. The first kappa shape index (κ1) is 13.7. The summed E-state index contributed by atoms with van der Waals surface area (Å²) in [6.45, 7) is 3.55. The molecule has 0 fully saturated rings. The summed E-state index contributed by atoms with van der Waals surface area (Å²) in [6.07, 6.45) is 4.15. The highest BCUT2D eigenvalue weighted by atomic mass is 16.5. The zero-order chi connectivity index (χ0) is 14.8. The van der Waals surface area contributed by atoms with E-state index < -0.39 is 5.97 Å². The number of esters is 1. The van der Waals surface area contributed by atoms with Crippen molar-refractivity contribution < 1.29 is 9.53 Å². The fraction of sp³-hybridized carbons (Fsp3) is 0.429. The molecule has 2 aromatic heterocycles. The SMILES string of the molecule is CCOC(=O)c1nc(-c2cncn2C)nc2c1CNCC2. The Morgan fingerprint density at radius 3 is 3.05 bits per heavy atom. The zero-order valence-corrected chi connectivity index (χ0v) is 12.1. The Labute approximate surface area is 122 Å². The van der Waals surface area contributed by atoms with E-state index in [1.54, 1.807) is 19.4 Å². The van der Waals surface area contributed by atoms with Crippen LogP contribution in [0.25, 0.3) is 11.5 Å². The van der Waals surface area contributed by atoms with Crippen LogP contribution in [0.4, 0.5) is 0 Å². The van der Waals surface area contributed by atoms with Gasteiger partial charge in [0, 0.05) is 32.1 Å². The summed E-state index contributed by atoms with van der Waals surface area (Å²) in [5.74, 6) is 0.113. The van der Waals surface area contributed by atoms with Crippen LogP contribution in [-0.2, 0) is 24.8 Å². The van der Waals surface area contributed by atoms with Crippen molar-refractivity contribution >= 4 is 5.97 Å². The van der Waals surface area contributed by atoms with Crippen LogP contribution in [-0.4, -0.2) is 38.6 Å². The molecule has 0 saturated heterocycles. The van der Waals surface area contributed by atoms with Crippen LogP contribution >= 0.6 is 0 Å². The second kappa shape index (κ2) is 5.61. The lowest BCUT2D eigenvalue weighted by Crippen LogP contribution is -2.28. The van der Waals surface area contributed by atoms with Crippen molar-refractivity contribution in [3.63, 3.8) is 0 Å². The molecule has 1 aliphatic rings. The predicted octanol–water partition coefficient (Wildman–Crippen LogP) is 0.699. The van der Waals surface area contributed by atoms with Crippen LogP contribution < -0.4 is 5.32 Å². The number of carbonyl (C=O) groups is 1. The Morgan fingerprint density at radius 2 is 2.33 bits per heavy atom. The normalized spacial score (nSPS) is 13.8. The highest BCUT2D eigenvalue weighted by Gasteiger charge is 2.24. The van der Waals surface area contributed by atoms with Gasteiger partial charge < -0.3 is 14.6 Å². The van der Waals surface area contributed by atoms with E-state index in [1.165, 1.54) is 0 Å². The predicted molar refractivity (Wildman–Crippen MR) is 75.6 cm³/mol. The molecular formula is C14H17N5O2. The van der Waals surface area contributed by atoms with Gasteiger partial charge in [-0.25, -0.2) is 19.7 Å². The van der Waals surface area contributed by atoms with Crippen molar-refractivity contribution in [1.82, 2.24) is 24.8 Å². The van der Waals surface area contributed by atoms with E-state index in [0.717, 1.165) is 29.9 Å². The van der Waals surface area contributed by atoms with Gasteiger partial charge in [0.05, 0.1) is 24.8 Å². The number of aromatic nitrogens is 4. The maximum Gasteiger partial charge on any atom is 0.357 e. The Bertz CT molecular complexity index is 680. The van der Waals surface area contributed by atoms with E-state index in [2.05, 4.69) is 20.3 Å². The van der Waals surface area contributed by atoms with E-state index in [1.807, 2.05) is 11.6 Å². The van der Waals surface area contributed by atoms with Gasteiger partial charge in [0.1, 0.15) is 5.69 Å². The second-order valence-electron chi connectivity index (χ2n) is 4.86. The van der Waals surface area contributed by atoms with Gasteiger partial charge in [-0.15, -0.1) is 0 Å². The van der Waals surface area contributed by atoms with Gasteiger partial charge in [-0.1, -0.05) is 0 Å². The molecule has 0 unspecified atom stereocenters. The average molecular weight is 287 g/mol. The highest BCUT2D eigenvalue weighted by molar-refractivity contribution is 5.89. The molecule has 0 aliphatic carbocycles. The molecule has 0 amide bonds. The average Bonchev–Trinajstić information content (AvgIpc) is 2.92. The minimum absolute atomic E-state index is 0.325. The molecule has 0 aromatic carbocycles. The lowest BCUT2D eigenvalue weighted by molar-refractivity contribution is 0.0517. The van der Waals surface area contributed by atoms with Crippen LogP contribution in [0.5, 0.6) is 0 Å². The molecule has 21 heavy (non-hydrogen) atoms.